The van der Waals surface area contributed by atoms with E-state index in [0.29, 0.717) is 23.6 Å². The molecule has 0 radical (unpaired) electrons. The van der Waals surface area contributed by atoms with Crippen LogP contribution >= 0.6 is 11.9 Å². The molecule has 27 heavy (non-hydrogen) atoms. The van der Waals surface area contributed by atoms with E-state index in [1.54, 1.807) is 6.08 Å². The lowest BCUT2D eigenvalue weighted by Crippen LogP contribution is -2.04. The van der Waals surface area contributed by atoms with Gasteiger partial charge in [0.25, 0.3) is 0 Å². The lowest BCUT2D eigenvalue weighted by atomic mass is 10.1. The summed E-state index contributed by atoms with van der Waals surface area (Å²) in [7, 11) is 0. The standard InChI is InChI=1S/C22H24FN3S/c1-4-21-19-12-16(15-8-9-15)10-11-22(19)26(24-21)17-6-5-7-18(20(23)13-17)14(2)25-27-3/h5-6,10-13,15,25H,2,4,7-9H2,1,3H3. The molecule has 0 aliphatic heterocycles. The second-order valence-electron chi connectivity index (χ2n) is 7.05. The minimum absolute atomic E-state index is 0.266. The van der Waals surface area contributed by atoms with Gasteiger partial charge in [0.2, 0.25) is 0 Å². The second-order valence-corrected chi connectivity index (χ2v) is 7.66. The Hall–Kier alpha value is -2.27. The molecule has 1 saturated carbocycles. The molecule has 5 heteroatoms. The summed E-state index contributed by atoms with van der Waals surface area (Å²) in [6.07, 6.45) is 11.3. The van der Waals surface area contributed by atoms with Crippen LogP contribution in [-0.4, -0.2) is 16.0 Å². The molecule has 140 valence electrons. The summed E-state index contributed by atoms with van der Waals surface area (Å²) < 4.78 is 19.8. The highest BCUT2D eigenvalue weighted by atomic mass is 32.2. The van der Waals surface area contributed by atoms with Crippen molar-refractivity contribution in [1.29, 1.82) is 0 Å². The average Bonchev–Trinajstić information content (AvgIpc) is 3.47. The predicted molar refractivity (Wildman–Crippen MR) is 113 cm³/mol. The highest BCUT2D eigenvalue weighted by molar-refractivity contribution is 7.96. The molecule has 2 aromatic rings. The van der Waals surface area contributed by atoms with Gasteiger partial charge in [0.05, 0.1) is 16.9 Å². The molecule has 1 aromatic carbocycles. The van der Waals surface area contributed by atoms with Crippen molar-refractivity contribution in [3.63, 3.8) is 0 Å². The van der Waals surface area contributed by atoms with Gasteiger partial charge in [-0.05, 0) is 61.4 Å². The van der Waals surface area contributed by atoms with Gasteiger partial charge in [-0.1, -0.05) is 37.6 Å². The zero-order valence-corrected chi connectivity index (χ0v) is 16.6. The van der Waals surface area contributed by atoms with Crippen molar-refractivity contribution in [2.45, 2.75) is 38.5 Å². The van der Waals surface area contributed by atoms with Crippen molar-refractivity contribution in [3.05, 3.63) is 71.4 Å². The minimum atomic E-state index is -0.266. The van der Waals surface area contributed by atoms with Gasteiger partial charge in [0, 0.05) is 22.9 Å². The van der Waals surface area contributed by atoms with E-state index in [1.807, 2.05) is 23.1 Å². The molecule has 3 nitrogen and oxygen atoms in total. The molecule has 1 aromatic heterocycles. The molecule has 4 rings (SSSR count). The third-order valence-electron chi connectivity index (χ3n) is 5.17. The largest absolute Gasteiger partial charge is 0.330 e. The van der Waals surface area contributed by atoms with Crippen LogP contribution in [0.4, 0.5) is 4.39 Å². The number of rotatable bonds is 6. The number of nitrogens with zero attached hydrogens (tertiary/aromatic N) is 2. The van der Waals surface area contributed by atoms with E-state index in [1.165, 1.54) is 35.7 Å². The van der Waals surface area contributed by atoms with E-state index in [2.05, 4.69) is 36.4 Å². The number of allylic oxidation sites excluding steroid dienone is 6. The zero-order valence-electron chi connectivity index (χ0n) is 15.8. The van der Waals surface area contributed by atoms with Crippen molar-refractivity contribution in [3.8, 4) is 0 Å². The number of fused-ring (bicyclic) bond motifs is 1. The topological polar surface area (TPSA) is 29.9 Å². The summed E-state index contributed by atoms with van der Waals surface area (Å²) in [5.41, 5.74) is 5.42. The summed E-state index contributed by atoms with van der Waals surface area (Å²) in [6.45, 7) is 6.06. The number of nitrogens with one attached hydrogen (secondary N) is 1. The van der Waals surface area contributed by atoms with Crippen LogP contribution < -0.4 is 4.72 Å². The number of hydrogen-bond acceptors (Lipinski definition) is 3. The monoisotopic (exact) mass is 381 g/mol. The van der Waals surface area contributed by atoms with E-state index in [-0.39, 0.29) is 5.83 Å². The summed E-state index contributed by atoms with van der Waals surface area (Å²) in [5, 5.41) is 5.98. The van der Waals surface area contributed by atoms with Crippen LogP contribution in [0.2, 0.25) is 0 Å². The van der Waals surface area contributed by atoms with Crippen molar-refractivity contribution < 1.29 is 4.39 Å². The highest BCUT2D eigenvalue weighted by Gasteiger charge is 2.24. The van der Waals surface area contributed by atoms with Gasteiger partial charge in [0.15, 0.2) is 0 Å². The number of benzene rings is 1. The number of hydrogen-bond donors (Lipinski definition) is 1. The Labute approximate surface area is 163 Å². The Morgan fingerprint density at radius 1 is 1.41 bits per heavy atom. The molecule has 2 aliphatic carbocycles. The SMILES string of the molecule is C=C(NSC)C1=C(F)C=C(n2nc(CC)c3cc(C4CC4)ccc32)C=CC1. The minimum Gasteiger partial charge on any atom is -0.330 e. The third-order valence-corrected chi connectivity index (χ3v) is 5.62. The Kier molecular flexibility index (Phi) is 4.96. The van der Waals surface area contributed by atoms with E-state index < -0.39 is 0 Å². The predicted octanol–water partition coefficient (Wildman–Crippen LogP) is 5.88. The summed E-state index contributed by atoms with van der Waals surface area (Å²) in [6, 6.07) is 6.60. The third kappa shape index (κ3) is 3.48. The zero-order chi connectivity index (χ0) is 19.0. The van der Waals surface area contributed by atoms with Crippen LogP contribution in [0.5, 0.6) is 0 Å². The van der Waals surface area contributed by atoms with Crippen molar-refractivity contribution >= 4 is 28.5 Å². The molecular weight excluding hydrogens is 357 g/mol. The quantitative estimate of drug-likeness (QED) is 0.634. The Morgan fingerprint density at radius 2 is 2.22 bits per heavy atom. The fourth-order valence-electron chi connectivity index (χ4n) is 3.57. The Morgan fingerprint density at radius 3 is 2.93 bits per heavy atom. The van der Waals surface area contributed by atoms with Crippen LogP contribution in [0, 0.1) is 0 Å². The van der Waals surface area contributed by atoms with Gasteiger partial charge in [-0.2, -0.15) is 5.10 Å². The van der Waals surface area contributed by atoms with Crippen LogP contribution in [0.3, 0.4) is 0 Å². The van der Waals surface area contributed by atoms with Gasteiger partial charge in [0.1, 0.15) is 5.83 Å². The van der Waals surface area contributed by atoms with Gasteiger partial charge < -0.3 is 4.72 Å². The first-order chi connectivity index (χ1) is 13.1. The maximum atomic E-state index is 14.9. The number of aryl methyl sites for hydroxylation is 1. The van der Waals surface area contributed by atoms with Crippen LogP contribution in [0.1, 0.15) is 43.4 Å². The maximum absolute atomic E-state index is 14.9. The highest BCUT2D eigenvalue weighted by Crippen LogP contribution is 2.41. The smallest absolute Gasteiger partial charge is 0.130 e. The lowest BCUT2D eigenvalue weighted by Gasteiger charge is -2.09. The van der Waals surface area contributed by atoms with E-state index in [9.17, 15) is 4.39 Å². The van der Waals surface area contributed by atoms with Gasteiger partial charge in [-0.15, -0.1) is 0 Å². The second kappa shape index (κ2) is 7.39. The van der Waals surface area contributed by atoms with Crippen LogP contribution in [-0.2, 0) is 6.42 Å². The molecule has 1 fully saturated rings. The molecule has 1 N–H and O–H groups in total. The number of halogens is 1. The van der Waals surface area contributed by atoms with Crippen molar-refractivity contribution in [1.82, 2.24) is 14.5 Å². The van der Waals surface area contributed by atoms with Crippen LogP contribution in [0.15, 0.2) is 60.1 Å². The van der Waals surface area contributed by atoms with Gasteiger partial charge >= 0.3 is 0 Å². The molecule has 1 heterocycles. The first kappa shape index (κ1) is 18.1. The summed E-state index contributed by atoms with van der Waals surface area (Å²) >= 11 is 1.41. The normalized spacial score (nSPS) is 17.2. The average molecular weight is 382 g/mol. The fraction of sp³-hybridized carbons (Fsp3) is 0.318. The Bertz CT molecular complexity index is 992. The number of aromatic nitrogens is 2. The van der Waals surface area contributed by atoms with E-state index >= 15 is 0 Å². The molecule has 0 atom stereocenters. The Balaban J connectivity index is 1.79. The van der Waals surface area contributed by atoms with Gasteiger partial charge in [-0.3, -0.25) is 0 Å². The summed E-state index contributed by atoms with van der Waals surface area (Å²) in [5.74, 6) is 0.440. The molecule has 2 aliphatic rings. The first-order valence-corrected chi connectivity index (χ1v) is 10.6. The fourth-order valence-corrected chi connectivity index (χ4v) is 3.94. The molecule has 0 amide bonds. The molecule has 0 unspecified atom stereocenters. The molecular formula is C22H24FN3S. The maximum Gasteiger partial charge on any atom is 0.130 e. The van der Waals surface area contributed by atoms with Gasteiger partial charge in [-0.25, -0.2) is 9.07 Å². The van der Waals surface area contributed by atoms with E-state index in [0.717, 1.165) is 23.3 Å². The van der Waals surface area contributed by atoms with Crippen molar-refractivity contribution in [2.24, 2.45) is 0 Å². The summed E-state index contributed by atoms with van der Waals surface area (Å²) in [4.78, 5) is 0. The molecule has 0 bridgehead atoms. The van der Waals surface area contributed by atoms with E-state index in [4.69, 9.17) is 5.10 Å². The lowest BCUT2D eigenvalue weighted by molar-refractivity contribution is 0.652. The van der Waals surface area contributed by atoms with Crippen molar-refractivity contribution in [2.75, 3.05) is 6.26 Å². The van der Waals surface area contributed by atoms with Crippen LogP contribution in [0.25, 0.3) is 16.6 Å². The molecule has 0 saturated heterocycles. The first-order valence-electron chi connectivity index (χ1n) is 9.39. The molecule has 0 spiro atoms.